The summed E-state index contributed by atoms with van der Waals surface area (Å²) < 4.78 is 46.8. The van der Waals surface area contributed by atoms with E-state index in [2.05, 4.69) is 11.3 Å². The summed E-state index contributed by atoms with van der Waals surface area (Å²) in [7, 11) is -2.90. The summed E-state index contributed by atoms with van der Waals surface area (Å²) in [6, 6.07) is 8.59. The molecule has 0 amide bonds. The summed E-state index contributed by atoms with van der Waals surface area (Å²) >= 11 is 6.87. The number of hydrogen-bond acceptors (Lipinski definition) is 5. The molecule has 0 aromatic heterocycles. The number of allylic oxidation sites excluding steroid dienone is 2. The fourth-order valence-electron chi connectivity index (χ4n) is 2.21. The highest BCUT2D eigenvalue weighted by molar-refractivity contribution is 8.18. The predicted octanol–water partition coefficient (Wildman–Crippen LogP) is 4.89. The van der Waals surface area contributed by atoms with Crippen LogP contribution in [0.1, 0.15) is 15.9 Å². The van der Waals surface area contributed by atoms with E-state index >= 15 is 0 Å². The van der Waals surface area contributed by atoms with Gasteiger partial charge < -0.3 is 9.84 Å². The first kappa shape index (κ1) is 22.8. The van der Waals surface area contributed by atoms with Crippen LogP contribution in [0.25, 0.3) is 0 Å². The Labute approximate surface area is 177 Å². The van der Waals surface area contributed by atoms with Crippen molar-refractivity contribution in [3.63, 3.8) is 0 Å². The third kappa shape index (κ3) is 5.99. The van der Waals surface area contributed by atoms with Crippen LogP contribution in [0.2, 0.25) is 5.02 Å². The average molecular weight is 458 g/mol. The van der Waals surface area contributed by atoms with Gasteiger partial charge in [-0.15, -0.1) is 11.8 Å². The number of carbonyl (C=O) groups is 1. The molecule has 10 heteroatoms. The minimum Gasteiger partial charge on any atom is -0.495 e. The fraction of sp³-hybridized carbons (Fsp3) is 0.105. The molecule has 6 nitrogen and oxygen atoms in total. The predicted molar refractivity (Wildman–Crippen MR) is 113 cm³/mol. The number of sulfonamides is 1. The highest BCUT2D eigenvalue weighted by Crippen LogP contribution is 2.33. The topological polar surface area (TPSA) is 92.7 Å². The molecule has 0 aliphatic carbocycles. The number of anilines is 1. The molecule has 2 aromatic carbocycles. The zero-order valence-electron chi connectivity index (χ0n) is 15.2. The second kappa shape index (κ2) is 9.82. The first-order valence-corrected chi connectivity index (χ1v) is 10.9. The van der Waals surface area contributed by atoms with Crippen LogP contribution in [0.15, 0.2) is 59.4 Å². The zero-order chi connectivity index (χ0) is 21.6. The van der Waals surface area contributed by atoms with Crippen LogP contribution in [0.5, 0.6) is 5.75 Å². The normalized spacial score (nSPS) is 11.8. The zero-order valence-corrected chi connectivity index (χ0v) is 17.6. The largest absolute Gasteiger partial charge is 0.495 e. The van der Waals surface area contributed by atoms with E-state index < -0.39 is 27.4 Å². The first-order chi connectivity index (χ1) is 13.7. The van der Waals surface area contributed by atoms with Crippen molar-refractivity contribution in [2.24, 2.45) is 0 Å². The van der Waals surface area contributed by atoms with E-state index in [1.165, 1.54) is 19.3 Å². The van der Waals surface area contributed by atoms with Crippen molar-refractivity contribution >= 4 is 45.0 Å². The molecule has 0 saturated carbocycles. The van der Waals surface area contributed by atoms with Crippen molar-refractivity contribution in [3.8, 4) is 5.75 Å². The number of thioether (sulfide) groups is 1. The molecule has 2 aromatic rings. The maximum atomic E-state index is 14.0. The van der Waals surface area contributed by atoms with Crippen LogP contribution in [-0.4, -0.2) is 26.6 Å². The second-order valence-electron chi connectivity index (χ2n) is 5.58. The highest BCUT2D eigenvalue weighted by Gasteiger charge is 2.22. The van der Waals surface area contributed by atoms with Gasteiger partial charge in [0.25, 0.3) is 10.0 Å². The molecule has 0 saturated heterocycles. The molecule has 0 atom stereocenters. The lowest BCUT2D eigenvalue weighted by Crippen LogP contribution is -2.15. The van der Waals surface area contributed by atoms with E-state index in [0.29, 0.717) is 10.8 Å². The van der Waals surface area contributed by atoms with E-state index in [-0.39, 0.29) is 15.7 Å². The number of carboxylic acids is 1. The maximum absolute atomic E-state index is 14.0. The Balaban J connectivity index is 2.30. The lowest BCUT2D eigenvalue weighted by molar-refractivity contribution is 0.0691. The second-order valence-corrected chi connectivity index (χ2v) is 8.94. The van der Waals surface area contributed by atoms with Gasteiger partial charge in [0.1, 0.15) is 15.8 Å². The van der Waals surface area contributed by atoms with Crippen molar-refractivity contribution in [2.45, 2.75) is 5.75 Å². The van der Waals surface area contributed by atoms with E-state index in [1.807, 2.05) is 0 Å². The standard InChI is InChI=1S/C19H17ClFNO5S2/c1-3-4-18(28-11-12-5-7-13(20)8-6-12)29(25,26)22-16-10-15(21)14(19(23)24)9-17(16)27-2/h3-10,22H,1,11H2,2H3,(H,23,24)/b18-4+. The molecular weight excluding hydrogens is 441 g/mol. The summed E-state index contributed by atoms with van der Waals surface area (Å²) in [6.45, 7) is 3.52. The number of nitrogens with one attached hydrogen (secondary N) is 1. The minimum absolute atomic E-state index is 0.0628. The number of benzene rings is 2. The molecule has 2 N–H and O–H groups in total. The Morgan fingerprint density at radius 2 is 2.00 bits per heavy atom. The molecule has 0 heterocycles. The van der Waals surface area contributed by atoms with Gasteiger partial charge in [-0.05, 0) is 29.8 Å². The van der Waals surface area contributed by atoms with Crippen molar-refractivity contribution in [1.82, 2.24) is 0 Å². The Hall–Kier alpha value is -2.49. The van der Waals surface area contributed by atoms with Crippen LogP contribution in [0.3, 0.4) is 0 Å². The van der Waals surface area contributed by atoms with E-state index in [1.54, 1.807) is 24.3 Å². The maximum Gasteiger partial charge on any atom is 0.338 e. The molecule has 0 aliphatic heterocycles. The van der Waals surface area contributed by atoms with Crippen molar-refractivity contribution in [2.75, 3.05) is 11.8 Å². The van der Waals surface area contributed by atoms with Gasteiger partial charge in [-0.3, -0.25) is 4.72 Å². The summed E-state index contributed by atoms with van der Waals surface area (Å²) in [6.07, 6.45) is 2.62. The number of rotatable bonds is 9. The molecule has 0 fully saturated rings. The first-order valence-electron chi connectivity index (χ1n) is 8.01. The quantitative estimate of drug-likeness (QED) is 0.521. The van der Waals surface area contributed by atoms with Gasteiger partial charge in [0.15, 0.2) is 0 Å². The number of hydrogen-bond donors (Lipinski definition) is 2. The summed E-state index contributed by atoms with van der Waals surface area (Å²) in [5, 5.41) is 9.56. The Bertz CT molecular complexity index is 1050. The third-order valence-corrected chi connectivity index (χ3v) is 6.89. The van der Waals surface area contributed by atoms with Gasteiger partial charge in [-0.25, -0.2) is 17.6 Å². The smallest absolute Gasteiger partial charge is 0.338 e. The molecule has 0 bridgehead atoms. The van der Waals surface area contributed by atoms with E-state index in [9.17, 15) is 17.6 Å². The number of halogens is 2. The SMILES string of the molecule is C=C/C=C(\SCc1ccc(Cl)cc1)S(=O)(=O)Nc1cc(F)c(C(=O)O)cc1OC. The molecule has 0 radical (unpaired) electrons. The fourth-order valence-corrected chi connectivity index (χ4v) is 4.77. The summed E-state index contributed by atoms with van der Waals surface area (Å²) in [4.78, 5) is 11.1. The number of methoxy groups -OCH3 is 1. The van der Waals surface area contributed by atoms with Crippen LogP contribution < -0.4 is 9.46 Å². The van der Waals surface area contributed by atoms with Crippen molar-refractivity contribution in [1.29, 1.82) is 0 Å². The number of carboxylic acid groups (broad SMARTS) is 1. The van der Waals surface area contributed by atoms with Gasteiger partial charge in [-0.2, -0.15) is 0 Å². The Morgan fingerprint density at radius 3 is 2.55 bits per heavy atom. The van der Waals surface area contributed by atoms with Gasteiger partial charge >= 0.3 is 5.97 Å². The van der Waals surface area contributed by atoms with Crippen LogP contribution in [0.4, 0.5) is 10.1 Å². The summed E-state index contributed by atoms with van der Waals surface area (Å²) in [5.74, 6) is -2.39. The van der Waals surface area contributed by atoms with Gasteiger partial charge in [0, 0.05) is 16.8 Å². The number of aromatic carboxylic acids is 1. The lowest BCUT2D eigenvalue weighted by Gasteiger charge is -2.14. The van der Waals surface area contributed by atoms with Crippen LogP contribution in [-0.2, 0) is 15.8 Å². The van der Waals surface area contributed by atoms with Crippen LogP contribution >= 0.6 is 23.4 Å². The molecule has 2 rings (SSSR count). The van der Waals surface area contributed by atoms with Gasteiger partial charge in [0.2, 0.25) is 0 Å². The Kier molecular flexibility index (Phi) is 7.72. The molecule has 154 valence electrons. The Morgan fingerprint density at radius 1 is 1.34 bits per heavy atom. The highest BCUT2D eigenvalue weighted by atomic mass is 35.5. The molecule has 0 aliphatic rings. The molecule has 0 spiro atoms. The average Bonchev–Trinajstić information content (AvgIpc) is 2.66. The van der Waals surface area contributed by atoms with E-state index in [0.717, 1.165) is 29.5 Å². The monoisotopic (exact) mass is 457 g/mol. The van der Waals surface area contributed by atoms with E-state index in [4.69, 9.17) is 21.4 Å². The minimum atomic E-state index is -4.12. The van der Waals surface area contributed by atoms with Gasteiger partial charge in [0.05, 0.1) is 18.4 Å². The van der Waals surface area contributed by atoms with Crippen molar-refractivity contribution in [3.05, 3.63) is 81.3 Å². The van der Waals surface area contributed by atoms with Gasteiger partial charge in [-0.1, -0.05) is 36.4 Å². The summed E-state index contributed by atoms with van der Waals surface area (Å²) in [5.41, 5.74) is -0.0141. The molecule has 29 heavy (non-hydrogen) atoms. The number of ether oxygens (including phenoxy) is 1. The molecular formula is C19H17ClFNO5S2. The molecule has 0 unspecified atom stereocenters. The van der Waals surface area contributed by atoms with Crippen LogP contribution in [0, 0.1) is 5.82 Å². The van der Waals surface area contributed by atoms with Crippen molar-refractivity contribution < 1.29 is 27.4 Å². The lowest BCUT2D eigenvalue weighted by atomic mass is 10.2. The third-order valence-electron chi connectivity index (χ3n) is 3.58.